The summed E-state index contributed by atoms with van der Waals surface area (Å²) in [4.78, 5) is 0. The van der Waals surface area contributed by atoms with Crippen molar-refractivity contribution in [3.8, 4) is 0 Å². The lowest BCUT2D eigenvalue weighted by atomic mass is 9.97. The zero-order valence-corrected chi connectivity index (χ0v) is 8.59. The van der Waals surface area contributed by atoms with Gasteiger partial charge in [-0.25, -0.2) is 0 Å². The zero-order valence-electron chi connectivity index (χ0n) is 8.59. The Kier molecular flexibility index (Phi) is 5.27. The summed E-state index contributed by atoms with van der Waals surface area (Å²) in [5.41, 5.74) is 0. The van der Waals surface area contributed by atoms with Crippen LogP contribution in [-0.2, 0) is 0 Å². The second kappa shape index (κ2) is 5.40. The van der Waals surface area contributed by atoms with Crippen LogP contribution in [0.3, 0.4) is 0 Å². The first kappa shape index (κ1) is 10.7. The summed E-state index contributed by atoms with van der Waals surface area (Å²) in [6.07, 6.45) is 5.87. The Bertz CT molecular complexity index is 109. The summed E-state index contributed by atoms with van der Waals surface area (Å²) >= 11 is 0. The molecule has 0 rings (SSSR count). The molecule has 0 saturated carbocycles. The Morgan fingerprint density at radius 3 is 1.91 bits per heavy atom. The van der Waals surface area contributed by atoms with Gasteiger partial charge in [0.1, 0.15) is 0 Å². The molecule has 11 heavy (non-hydrogen) atoms. The van der Waals surface area contributed by atoms with Crippen molar-refractivity contribution in [2.75, 3.05) is 0 Å². The number of rotatable bonds is 4. The van der Waals surface area contributed by atoms with Crippen LogP contribution < -0.4 is 0 Å². The zero-order chi connectivity index (χ0) is 8.85. The lowest BCUT2D eigenvalue weighted by Crippen LogP contribution is -1.99. The standard InChI is InChI=1S/C11H22/c1-9(2)7-6-8-11(5)10(3)4/h6,8-11H,7H2,1-5H3. The van der Waals surface area contributed by atoms with Gasteiger partial charge < -0.3 is 0 Å². The predicted octanol–water partition coefficient (Wildman–Crippen LogP) is 3.88. The highest BCUT2D eigenvalue weighted by Gasteiger charge is 2.00. The van der Waals surface area contributed by atoms with Gasteiger partial charge in [-0.05, 0) is 24.2 Å². The molecule has 0 aliphatic heterocycles. The van der Waals surface area contributed by atoms with Gasteiger partial charge in [-0.1, -0.05) is 46.8 Å². The minimum atomic E-state index is 0.730. The molecular formula is C11H22. The van der Waals surface area contributed by atoms with Crippen LogP contribution in [0.25, 0.3) is 0 Å². The van der Waals surface area contributed by atoms with Crippen molar-refractivity contribution in [3.63, 3.8) is 0 Å². The maximum absolute atomic E-state index is 2.34. The van der Waals surface area contributed by atoms with Crippen molar-refractivity contribution < 1.29 is 0 Å². The van der Waals surface area contributed by atoms with Crippen molar-refractivity contribution in [3.05, 3.63) is 12.2 Å². The Morgan fingerprint density at radius 1 is 1.00 bits per heavy atom. The Labute approximate surface area is 71.7 Å². The molecule has 0 amide bonds. The van der Waals surface area contributed by atoms with E-state index in [4.69, 9.17) is 0 Å². The van der Waals surface area contributed by atoms with Gasteiger partial charge >= 0.3 is 0 Å². The maximum Gasteiger partial charge on any atom is -0.0239 e. The highest BCUT2D eigenvalue weighted by Crippen LogP contribution is 2.12. The van der Waals surface area contributed by atoms with Crippen molar-refractivity contribution in [1.29, 1.82) is 0 Å². The fourth-order valence-corrected chi connectivity index (χ4v) is 0.788. The van der Waals surface area contributed by atoms with Gasteiger partial charge in [0.05, 0.1) is 0 Å². The highest BCUT2D eigenvalue weighted by atomic mass is 14.1. The van der Waals surface area contributed by atoms with Crippen LogP contribution in [0.5, 0.6) is 0 Å². The van der Waals surface area contributed by atoms with Gasteiger partial charge in [0.25, 0.3) is 0 Å². The molecule has 0 N–H and O–H groups in total. The van der Waals surface area contributed by atoms with Crippen LogP contribution in [0, 0.1) is 17.8 Å². The maximum atomic E-state index is 2.34. The van der Waals surface area contributed by atoms with E-state index in [0.29, 0.717) is 0 Å². The van der Waals surface area contributed by atoms with Gasteiger partial charge in [0.2, 0.25) is 0 Å². The molecule has 0 aromatic rings. The lowest BCUT2D eigenvalue weighted by molar-refractivity contribution is 0.501. The van der Waals surface area contributed by atoms with Crippen LogP contribution in [0.15, 0.2) is 12.2 Å². The number of hydrogen-bond acceptors (Lipinski definition) is 0. The molecule has 0 fully saturated rings. The van der Waals surface area contributed by atoms with E-state index in [1.165, 1.54) is 6.42 Å². The summed E-state index contributed by atoms with van der Waals surface area (Å²) < 4.78 is 0. The first-order valence-corrected chi connectivity index (χ1v) is 4.70. The largest absolute Gasteiger partial charge is 0.0880 e. The Hall–Kier alpha value is -0.260. The average Bonchev–Trinajstić information content (AvgIpc) is 1.86. The third-order valence-electron chi connectivity index (χ3n) is 2.10. The Morgan fingerprint density at radius 2 is 1.55 bits per heavy atom. The van der Waals surface area contributed by atoms with Crippen molar-refractivity contribution >= 4 is 0 Å². The summed E-state index contributed by atoms with van der Waals surface area (Å²) in [6, 6.07) is 0. The number of allylic oxidation sites excluding steroid dienone is 2. The second-order valence-corrected chi connectivity index (χ2v) is 4.16. The quantitative estimate of drug-likeness (QED) is 0.539. The van der Waals surface area contributed by atoms with Gasteiger partial charge in [-0.2, -0.15) is 0 Å². The second-order valence-electron chi connectivity index (χ2n) is 4.16. The van der Waals surface area contributed by atoms with E-state index in [1.807, 2.05) is 0 Å². The first-order valence-electron chi connectivity index (χ1n) is 4.70. The van der Waals surface area contributed by atoms with Gasteiger partial charge in [0.15, 0.2) is 0 Å². The van der Waals surface area contributed by atoms with Crippen LogP contribution >= 0.6 is 0 Å². The van der Waals surface area contributed by atoms with E-state index in [1.54, 1.807) is 0 Å². The van der Waals surface area contributed by atoms with Crippen molar-refractivity contribution in [1.82, 2.24) is 0 Å². The Balaban J connectivity index is 3.56. The number of hydrogen-bond donors (Lipinski definition) is 0. The normalized spacial score (nSPS) is 15.2. The minimum Gasteiger partial charge on any atom is -0.0880 e. The molecule has 0 radical (unpaired) electrons. The van der Waals surface area contributed by atoms with E-state index < -0.39 is 0 Å². The third-order valence-corrected chi connectivity index (χ3v) is 2.10. The lowest BCUT2D eigenvalue weighted by Gasteiger charge is -2.09. The molecule has 0 heterocycles. The monoisotopic (exact) mass is 154 g/mol. The third kappa shape index (κ3) is 6.15. The van der Waals surface area contributed by atoms with Crippen LogP contribution in [0.1, 0.15) is 41.0 Å². The predicted molar refractivity (Wildman–Crippen MR) is 52.6 cm³/mol. The smallest absolute Gasteiger partial charge is 0.0239 e. The summed E-state index contributed by atoms with van der Waals surface area (Å²) in [5, 5.41) is 0. The summed E-state index contributed by atoms with van der Waals surface area (Å²) in [5.74, 6) is 2.30. The highest BCUT2D eigenvalue weighted by molar-refractivity contribution is 4.88. The van der Waals surface area contributed by atoms with Crippen LogP contribution in [0.4, 0.5) is 0 Å². The van der Waals surface area contributed by atoms with E-state index in [-0.39, 0.29) is 0 Å². The molecule has 0 aromatic carbocycles. The van der Waals surface area contributed by atoms with Crippen LogP contribution in [-0.4, -0.2) is 0 Å². The molecule has 1 atom stereocenters. The fourth-order valence-electron chi connectivity index (χ4n) is 0.788. The molecule has 0 spiro atoms. The van der Waals surface area contributed by atoms with Crippen molar-refractivity contribution in [2.24, 2.45) is 17.8 Å². The summed E-state index contributed by atoms with van der Waals surface area (Å²) in [7, 11) is 0. The van der Waals surface area contributed by atoms with E-state index in [2.05, 4.69) is 46.8 Å². The fraction of sp³-hybridized carbons (Fsp3) is 0.818. The molecule has 0 saturated heterocycles. The van der Waals surface area contributed by atoms with E-state index in [9.17, 15) is 0 Å². The molecule has 0 bridgehead atoms. The first-order chi connectivity index (χ1) is 5.04. The molecular weight excluding hydrogens is 132 g/mol. The average molecular weight is 154 g/mol. The molecule has 66 valence electrons. The van der Waals surface area contributed by atoms with Crippen molar-refractivity contribution in [2.45, 2.75) is 41.0 Å². The van der Waals surface area contributed by atoms with E-state index in [0.717, 1.165) is 17.8 Å². The van der Waals surface area contributed by atoms with Crippen LogP contribution in [0.2, 0.25) is 0 Å². The molecule has 1 unspecified atom stereocenters. The van der Waals surface area contributed by atoms with E-state index >= 15 is 0 Å². The molecule has 0 heteroatoms. The molecule has 0 nitrogen and oxygen atoms in total. The topological polar surface area (TPSA) is 0 Å². The molecule has 0 aliphatic rings. The molecule has 0 aliphatic carbocycles. The SMILES string of the molecule is CC(C)CC=CC(C)C(C)C. The van der Waals surface area contributed by atoms with Gasteiger partial charge in [-0.3, -0.25) is 0 Å². The van der Waals surface area contributed by atoms with Gasteiger partial charge in [-0.15, -0.1) is 0 Å². The molecule has 0 aromatic heterocycles. The summed E-state index contributed by atoms with van der Waals surface area (Å²) in [6.45, 7) is 11.3. The van der Waals surface area contributed by atoms with Gasteiger partial charge in [0, 0.05) is 0 Å². The minimum absolute atomic E-state index is 0.730.